The predicted octanol–water partition coefficient (Wildman–Crippen LogP) is 6.60. The van der Waals surface area contributed by atoms with Gasteiger partial charge in [0.15, 0.2) is 0 Å². The van der Waals surface area contributed by atoms with Crippen LogP contribution in [0, 0.1) is 5.82 Å². The van der Waals surface area contributed by atoms with Crippen molar-refractivity contribution in [3.05, 3.63) is 98.7 Å². The second kappa shape index (κ2) is 10.4. The fourth-order valence-electron chi connectivity index (χ4n) is 4.60. The average Bonchev–Trinajstić information content (AvgIpc) is 3.39. The normalized spacial score (nSPS) is 15.1. The Balaban J connectivity index is 1.20. The lowest BCUT2D eigenvalue weighted by Crippen LogP contribution is -2.38. The smallest absolute Gasteiger partial charge is 0.271 e. The number of nitrogens with one attached hydrogen (secondary N) is 1. The molecule has 5 nitrogen and oxygen atoms in total. The number of fused-ring (bicyclic) bond motifs is 1. The van der Waals surface area contributed by atoms with Gasteiger partial charge in [0.1, 0.15) is 11.5 Å². The molecule has 1 atom stereocenters. The molecular weight excluding hydrogens is 497 g/mol. The van der Waals surface area contributed by atoms with E-state index >= 15 is 0 Å². The summed E-state index contributed by atoms with van der Waals surface area (Å²) in [7, 11) is 0. The molecule has 0 radical (unpaired) electrons. The number of rotatable bonds is 5. The lowest BCUT2D eigenvalue weighted by Gasteiger charge is -2.31. The fraction of sp³-hybridized carbons (Fsp3) is 0.250. The van der Waals surface area contributed by atoms with Gasteiger partial charge in [-0.05, 0) is 54.3 Å². The maximum atomic E-state index is 14.2. The van der Waals surface area contributed by atoms with E-state index in [-0.39, 0.29) is 28.5 Å². The molecule has 1 saturated heterocycles. The summed E-state index contributed by atoms with van der Waals surface area (Å²) < 4.78 is 14.2. The highest BCUT2D eigenvalue weighted by molar-refractivity contribution is 7.09. The first-order chi connectivity index (χ1) is 17.4. The van der Waals surface area contributed by atoms with E-state index in [1.165, 1.54) is 29.5 Å². The predicted molar refractivity (Wildman–Crippen MR) is 141 cm³/mol. The molecule has 1 fully saturated rings. The Bertz CT molecular complexity index is 1410. The van der Waals surface area contributed by atoms with Gasteiger partial charge in [-0.3, -0.25) is 9.59 Å². The third kappa shape index (κ3) is 4.99. The summed E-state index contributed by atoms with van der Waals surface area (Å²) in [6.45, 7) is 2.92. The molecule has 184 valence electrons. The van der Waals surface area contributed by atoms with Crippen molar-refractivity contribution in [1.82, 2.24) is 15.2 Å². The second-order valence-electron chi connectivity index (χ2n) is 9.04. The van der Waals surface area contributed by atoms with Crippen molar-refractivity contribution in [3.8, 4) is 0 Å². The van der Waals surface area contributed by atoms with Gasteiger partial charge in [0.05, 0.1) is 21.6 Å². The SMILES string of the molecule is CC(NC(=O)c1csc(C2CCN(C(=O)c3c(F)cccc3Cl)CC2)n1)c1ccc2ccccc2c1. The minimum absolute atomic E-state index is 0.0774. The van der Waals surface area contributed by atoms with E-state index in [2.05, 4.69) is 34.6 Å². The maximum absolute atomic E-state index is 14.2. The number of thiazole rings is 1. The van der Waals surface area contributed by atoms with Crippen LogP contribution in [-0.4, -0.2) is 34.8 Å². The molecule has 1 aromatic heterocycles. The molecule has 1 aliphatic rings. The van der Waals surface area contributed by atoms with E-state index in [9.17, 15) is 14.0 Å². The van der Waals surface area contributed by atoms with Crippen LogP contribution in [0.4, 0.5) is 4.39 Å². The summed E-state index contributed by atoms with van der Waals surface area (Å²) in [5.41, 5.74) is 1.36. The number of hydrogen-bond acceptors (Lipinski definition) is 4. The van der Waals surface area contributed by atoms with E-state index in [1.807, 2.05) is 25.1 Å². The van der Waals surface area contributed by atoms with E-state index in [0.717, 1.165) is 21.3 Å². The van der Waals surface area contributed by atoms with Crippen LogP contribution in [0.25, 0.3) is 10.8 Å². The fourth-order valence-corrected chi connectivity index (χ4v) is 5.82. The monoisotopic (exact) mass is 521 g/mol. The van der Waals surface area contributed by atoms with Crippen LogP contribution in [-0.2, 0) is 0 Å². The van der Waals surface area contributed by atoms with Crippen molar-refractivity contribution in [2.45, 2.75) is 31.7 Å². The first-order valence-electron chi connectivity index (χ1n) is 11.9. The number of aromatic nitrogens is 1. The number of benzene rings is 3. The Kier molecular flexibility index (Phi) is 7.03. The highest BCUT2D eigenvalue weighted by Crippen LogP contribution is 2.32. The van der Waals surface area contributed by atoms with Gasteiger partial charge in [0.25, 0.3) is 11.8 Å². The summed E-state index contributed by atoms with van der Waals surface area (Å²) in [5.74, 6) is -1.06. The van der Waals surface area contributed by atoms with Gasteiger partial charge in [-0.1, -0.05) is 54.1 Å². The molecule has 1 N–H and O–H groups in total. The zero-order valence-electron chi connectivity index (χ0n) is 19.7. The van der Waals surface area contributed by atoms with Gasteiger partial charge in [0.2, 0.25) is 0 Å². The zero-order chi connectivity index (χ0) is 25.2. The summed E-state index contributed by atoms with van der Waals surface area (Å²) in [4.78, 5) is 31.9. The van der Waals surface area contributed by atoms with Crippen LogP contribution in [0.3, 0.4) is 0 Å². The molecule has 0 spiro atoms. The average molecular weight is 522 g/mol. The van der Waals surface area contributed by atoms with Crippen LogP contribution < -0.4 is 5.32 Å². The summed E-state index contributed by atoms with van der Waals surface area (Å²) >= 11 is 7.53. The second-order valence-corrected chi connectivity index (χ2v) is 10.3. The van der Waals surface area contributed by atoms with Gasteiger partial charge in [-0.15, -0.1) is 11.3 Å². The zero-order valence-corrected chi connectivity index (χ0v) is 21.3. The summed E-state index contributed by atoms with van der Waals surface area (Å²) in [6, 6.07) is 18.4. The largest absolute Gasteiger partial charge is 0.344 e. The first kappa shape index (κ1) is 24.4. The third-order valence-electron chi connectivity index (χ3n) is 6.68. The van der Waals surface area contributed by atoms with Crippen molar-refractivity contribution in [1.29, 1.82) is 0 Å². The lowest BCUT2D eigenvalue weighted by molar-refractivity contribution is 0.0708. The molecule has 4 aromatic rings. The van der Waals surface area contributed by atoms with Crippen molar-refractivity contribution in [3.63, 3.8) is 0 Å². The summed E-state index contributed by atoms with van der Waals surface area (Å²) in [6.07, 6.45) is 1.39. The van der Waals surface area contributed by atoms with E-state index in [1.54, 1.807) is 10.3 Å². The number of nitrogens with zero attached hydrogens (tertiary/aromatic N) is 2. The van der Waals surface area contributed by atoms with Crippen LogP contribution in [0.5, 0.6) is 0 Å². The molecule has 5 rings (SSSR count). The number of amides is 2. The quantitative estimate of drug-likeness (QED) is 0.322. The Labute approximate surface area is 217 Å². The topological polar surface area (TPSA) is 62.3 Å². The molecule has 1 aliphatic heterocycles. The summed E-state index contributed by atoms with van der Waals surface area (Å²) in [5, 5.41) is 8.13. The van der Waals surface area contributed by atoms with Crippen LogP contribution in [0.2, 0.25) is 5.02 Å². The molecule has 36 heavy (non-hydrogen) atoms. The standard InChI is InChI=1S/C28H25ClFN3O2S/c1-17(20-10-9-18-5-2-3-6-21(18)15-20)31-26(34)24-16-36-27(32-24)19-11-13-33(14-12-19)28(35)25-22(29)7-4-8-23(25)30/h2-10,15-17,19H,11-14H2,1H3,(H,31,34). The molecule has 0 aliphatic carbocycles. The lowest BCUT2D eigenvalue weighted by atomic mass is 9.97. The molecule has 8 heteroatoms. The van der Waals surface area contributed by atoms with Crippen LogP contribution in [0.15, 0.2) is 66.0 Å². The highest BCUT2D eigenvalue weighted by Gasteiger charge is 2.29. The van der Waals surface area contributed by atoms with Crippen LogP contribution in [0.1, 0.15) is 63.1 Å². The number of hydrogen-bond donors (Lipinski definition) is 1. The van der Waals surface area contributed by atoms with Gasteiger partial charge in [-0.2, -0.15) is 0 Å². The Morgan fingerprint density at radius 2 is 1.83 bits per heavy atom. The van der Waals surface area contributed by atoms with Gasteiger partial charge >= 0.3 is 0 Å². The minimum Gasteiger partial charge on any atom is -0.344 e. The Morgan fingerprint density at radius 3 is 2.58 bits per heavy atom. The molecule has 2 amide bonds. The molecule has 0 bridgehead atoms. The third-order valence-corrected chi connectivity index (χ3v) is 8.01. The molecule has 3 aromatic carbocycles. The number of halogens is 2. The minimum atomic E-state index is -0.608. The first-order valence-corrected chi connectivity index (χ1v) is 13.1. The number of likely N-dealkylation sites (tertiary alicyclic amines) is 1. The Morgan fingerprint density at radius 1 is 1.08 bits per heavy atom. The molecule has 2 heterocycles. The van der Waals surface area contributed by atoms with Crippen molar-refractivity contribution in [2.75, 3.05) is 13.1 Å². The van der Waals surface area contributed by atoms with Crippen molar-refractivity contribution in [2.24, 2.45) is 0 Å². The number of carbonyl (C=O) groups is 2. The van der Waals surface area contributed by atoms with E-state index in [0.29, 0.717) is 31.6 Å². The number of carbonyl (C=O) groups excluding carboxylic acids is 2. The van der Waals surface area contributed by atoms with Crippen molar-refractivity contribution < 1.29 is 14.0 Å². The highest BCUT2D eigenvalue weighted by atomic mass is 35.5. The van der Waals surface area contributed by atoms with Gasteiger partial charge in [0, 0.05) is 24.4 Å². The van der Waals surface area contributed by atoms with Crippen LogP contribution >= 0.6 is 22.9 Å². The molecule has 1 unspecified atom stereocenters. The van der Waals surface area contributed by atoms with Gasteiger partial charge < -0.3 is 10.2 Å². The number of piperidine rings is 1. The van der Waals surface area contributed by atoms with E-state index < -0.39 is 11.7 Å². The van der Waals surface area contributed by atoms with E-state index in [4.69, 9.17) is 11.6 Å². The molecular formula is C28H25ClFN3O2S. The molecule has 0 saturated carbocycles. The van der Waals surface area contributed by atoms with Gasteiger partial charge in [-0.25, -0.2) is 9.37 Å². The Hall–Kier alpha value is -3.29. The maximum Gasteiger partial charge on any atom is 0.271 e. The van der Waals surface area contributed by atoms with Crippen molar-refractivity contribution >= 4 is 45.5 Å².